The van der Waals surface area contributed by atoms with E-state index in [1.54, 1.807) is 15.1 Å². The highest BCUT2D eigenvalue weighted by Gasteiger charge is 2.36. The molecule has 2 N–H and O–H groups in total. The summed E-state index contributed by atoms with van der Waals surface area (Å²) in [5, 5.41) is 11.5. The number of amides is 3. The standard InChI is InChI=1S/C37H43ClF3N9O3S/c1-23(22-48-12-7-24(8-13-48)25-4-6-30-32(18-25)47(2)46-34(30)50-16-11-33(51)45-36(50)52)17-26-3-5-29(19-31(26)37(39,40)41)54(53)49-14-9-28(10-15-49)44-35-42-20-27(38)21-43-35/h3-6,18-21,23-24,28H,7-17,22H2,1-2H3,(H,42,43,44)(H,45,51,52). The summed E-state index contributed by atoms with van der Waals surface area (Å²) in [5.41, 5.74) is 1.58. The molecule has 3 aliphatic heterocycles. The van der Waals surface area contributed by atoms with Gasteiger partial charge in [-0.2, -0.15) is 18.3 Å². The summed E-state index contributed by atoms with van der Waals surface area (Å²) in [6, 6.07) is 9.92. The van der Waals surface area contributed by atoms with E-state index in [4.69, 9.17) is 11.6 Å². The predicted molar refractivity (Wildman–Crippen MR) is 201 cm³/mol. The highest BCUT2D eigenvalue weighted by Crippen LogP contribution is 2.37. The van der Waals surface area contributed by atoms with Gasteiger partial charge < -0.3 is 10.2 Å². The largest absolute Gasteiger partial charge is 0.416 e. The van der Waals surface area contributed by atoms with E-state index in [1.807, 2.05) is 20.0 Å². The van der Waals surface area contributed by atoms with Crippen molar-refractivity contribution in [2.75, 3.05) is 49.5 Å². The number of imide groups is 1. The molecule has 12 nitrogen and oxygen atoms in total. The maximum atomic E-state index is 14.4. The topological polar surface area (TPSA) is 129 Å². The van der Waals surface area contributed by atoms with E-state index < -0.39 is 28.8 Å². The Bertz CT molecular complexity index is 2030. The van der Waals surface area contributed by atoms with Crippen LogP contribution in [0.5, 0.6) is 0 Å². The lowest BCUT2D eigenvalue weighted by molar-refractivity contribution is -0.138. The van der Waals surface area contributed by atoms with E-state index >= 15 is 0 Å². The smallest absolute Gasteiger partial charge is 0.351 e. The molecule has 0 bridgehead atoms. The average Bonchev–Trinajstić information content (AvgIpc) is 3.47. The maximum Gasteiger partial charge on any atom is 0.416 e. The normalized spacial score (nSPS) is 19.6. The van der Waals surface area contributed by atoms with E-state index in [1.165, 1.54) is 28.9 Å². The van der Waals surface area contributed by atoms with Crippen LogP contribution < -0.4 is 15.5 Å². The quantitative estimate of drug-likeness (QED) is 0.196. The second-order valence-corrected chi connectivity index (χ2v) is 16.4. The second-order valence-electron chi connectivity index (χ2n) is 14.5. The Morgan fingerprint density at radius 3 is 2.41 bits per heavy atom. The third-order valence-corrected chi connectivity index (χ3v) is 12.3. The number of aromatic nitrogens is 4. The van der Waals surface area contributed by atoms with Crippen molar-refractivity contribution in [3.05, 3.63) is 70.5 Å². The number of carbonyl (C=O) groups excluding carboxylic acids is 2. The molecule has 2 unspecified atom stereocenters. The number of alkyl halides is 3. The molecule has 4 aromatic rings. The van der Waals surface area contributed by atoms with Gasteiger partial charge in [-0.1, -0.05) is 30.7 Å². The van der Waals surface area contributed by atoms with Crippen LogP contribution in [0, 0.1) is 5.92 Å². The lowest BCUT2D eigenvalue weighted by Gasteiger charge is -2.34. The van der Waals surface area contributed by atoms with Gasteiger partial charge in [0.15, 0.2) is 5.82 Å². The molecule has 0 aliphatic carbocycles. The van der Waals surface area contributed by atoms with E-state index in [2.05, 4.69) is 42.7 Å². The zero-order valence-electron chi connectivity index (χ0n) is 30.1. The Morgan fingerprint density at radius 1 is 1.00 bits per heavy atom. The molecular weight excluding hydrogens is 743 g/mol. The molecule has 3 amide bonds. The van der Waals surface area contributed by atoms with Crippen molar-refractivity contribution in [2.24, 2.45) is 13.0 Å². The Hall–Kier alpha value is -4.12. The van der Waals surface area contributed by atoms with Gasteiger partial charge in [0.05, 0.1) is 33.4 Å². The van der Waals surface area contributed by atoms with Crippen molar-refractivity contribution >= 4 is 57.2 Å². The predicted octanol–water partition coefficient (Wildman–Crippen LogP) is 6.14. The Morgan fingerprint density at radius 2 is 1.72 bits per heavy atom. The number of rotatable bonds is 10. The van der Waals surface area contributed by atoms with Gasteiger partial charge >= 0.3 is 12.2 Å². The molecule has 7 rings (SSSR count). The van der Waals surface area contributed by atoms with Crippen molar-refractivity contribution in [1.82, 2.24) is 34.3 Å². The van der Waals surface area contributed by atoms with Gasteiger partial charge in [-0.15, -0.1) is 0 Å². The Balaban J connectivity index is 0.930. The lowest BCUT2D eigenvalue weighted by Crippen LogP contribution is -2.49. The molecule has 3 saturated heterocycles. The number of fused-ring (bicyclic) bond motifs is 1. The minimum absolute atomic E-state index is 0.0263. The number of benzene rings is 2. The fourth-order valence-electron chi connectivity index (χ4n) is 7.79. The summed E-state index contributed by atoms with van der Waals surface area (Å²) in [5.74, 6) is 0.977. The Kier molecular flexibility index (Phi) is 11.3. The molecule has 17 heteroatoms. The van der Waals surface area contributed by atoms with E-state index in [-0.39, 0.29) is 47.7 Å². The molecule has 54 heavy (non-hydrogen) atoms. The molecule has 0 saturated carbocycles. The molecule has 5 heterocycles. The van der Waals surface area contributed by atoms with Crippen LogP contribution in [0.15, 0.2) is 53.7 Å². The number of hydrogen-bond donors (Lipinski definition) is 2. The molecular formula is C37H43ClF3N9O3S. The summed E-state index contributed by atoms with van der Waals surface area (Å²) >= 11 is 5.86. The third kappa shape index (κ3) is 8.56. The van der Waals surface area contributed by atoms with Gasteiger partial charge in [0.1, 0.15) is 11.0 Å². The van der Waals surface area contributed by atoms with Crippen LogP contribution in [0.2, 0.25) is 5.02 Å². The molecule has 0 radical (unpaired) electrons. The van der Waals surface area contributed by atoms with E-state index in [9.17, 15) is 27.0 Å². The van der Waals surface area contributed by atoms with Gasteiger partial charge in [0.25, 0.3) is 0 Å². The van der Waals surface area contributed by atoms with Crippen LogP contribution in [0.25, 0.3) is 10.9 Å². The molecule has 3 fully saturated rings. The highest BCUT2D eigenvalue weighted by molar-refractivity contribution is 7.82. The van der Waals surface area contributed by atoms with Gasteiger partial charge in [0.2, 0.25) is 11.9 Å². The molecule has 2 aromatic heterocycles. The summed E-state index contributed by atoms with van der Waals surface area (Å²) in [4.78, 5) is 36.4. The number of halogens is 4. The zero-order valence-corrected chi connectivity index (χ0v) is 31.7. The number of piperidine rings is 2. The highest BCUT2D eigenvalue weighted by atomic mass is 35.5. The summed E-state index contributed by atoms with van der Waals surface area (Å²) < 4.78 is 60.1. The van der Waals surface area contributed by atoms with Crippen molar-refractivity contribution in [2.45, 2.75) is 68.5 Å². The van der Waals surface area contributed by atoms with Crippen LogP contribution in [-0.4, -0.2) is 90.4 Å². The first-order valence-corrected chi connectivity index (χ1v) is 19.7. The number of urea groups is 1. The average molecular weight is 786 g/mol. The molecule has 2 aromatic carbocycles. The van der Waals surface area contributed by atoms with Crippen molar-refractivity contribution in [3.8, 4) is 0 Å². The number of anilines is 2. The maximum absolute atomic E-state index is 14.4. The fraction of sp³-hybridized carbons (Fsp3) is 0.486. The van der Waals surface area contributed by atoms with E-state index in [0.29, 0.717) is 55.2 Å². The van der Waals surface area contributed by atoms with Crippen LogP contribution in [-0.2, 0) is 35.4 Å². The van der Waals surface area contributed by atoms with Gasteiger partial charge in [-0.05, 0) is 92.4 Å². The number of hydrogen-bond acceptors (Lipinski definition) is 8. The number of carbonyl (C=O) groups is 2. The molecule has 0 spiro atoms. The molecule has 3 aliphatic rings. The zero-order chi connectivity index (χ0) is 38.1. The minimum atomic E-state index is -4.57. The van der Waals surface area contributed by atoms with Gasteiger partial charge in [-0.25, -0.2) is 23.3 Å². The first-order chi connectivity index (χ1) is 25.8. The van der Waals surface area contributed by atoms with Crippen LogP contribution in [0.3, 0.4) is 0 Å². The van der Waals surface area contributed by atoms with Crippen molar-refractivity contribution in [1.29, 1.82) is 0 Å². The number of likely N-dealkylation sites (tertiary alicyclic amines) is 1. The lowest BCUT2D eigenvalue weighted by atomic mass is 9.88. The monoisotopic (exact) mass is 785 g/mol. The first-order valence-electron chi connectivity index (χ1n) is 18.2. The molecule has 2 atom stereocenters. The second kappa shape index (κ2) is 15.9. The summed E-state index contributed by atoms with van der Waals surface area (Å²) in [7, 11) is 0.117. The SMILES string of the molecule is CC(Cc1ccc(S(=O)N2CCC(Nc3ncc(Cl)cn3)CC2)cc1C(F)(F)F)CN1CCC(c2ccc3c(N4CCC(=O)NC4=O)nn(C)c3c2)CC1. The molecule has 288 valence electrons. The number of aryl methyl sites for hydroxylation is 1. The van der Waals surface area contributed by atoms with Gasteiger partial charge in [-0.3, -0.25) is 19.7 Å². The third-order valence-electron chi connectivity index (χ3n) is 10.6. The van der Waals surface area contributed by atoms with Crippen molar-refractivity contribution in [3.63, 3.8) is 0 Å². The number of nitrogens with one attached hydrogen (secondary N) is 2. The Labute approximate surface area is 319 Å². The fourth-order valence-corrected chi connectivity index (χ4v) is 9.14. The van der Waals surface area contributed by atoms with Crippen LogP contribution >= 0.6 is 11.6 Å². The summed E-state index contributed by atoms with van der Waals surface area (Å²) in [6.45, 7) is 5.50. The van der Waals surface area contributed by atoms with Crippen LogP contribution in [0.1, 0.15) is 61.6 Å². The van der Waals surface area contributed by atoms with Gasteiger partial charge in [0, 0.05) is 51.1 Å². The minimum Gasteiger partial charge on any atom is -0.351 e. The van der Waals surface area contributed by atoms with E-state index in [0.717, 1.165) is 42.9 Å². The van der Waals surface area contributed by atoms with Crippen molar-refractivity contribution < 1.29 is 27.0 Å². The number of nitrogens with zero attached hydrogens (tertiary/aromatic N) is 7. The van der Waals surface area contributed by atoms with Crippen LogP contribution in [0.4, 0.5) is 29.7 Å². The first kappa shape index (κ1) is 38.2. The summed E-state index contributed by atoms with van der Waals surface area (Å²) in [6.07, 6.45) is 2.02.